The number of nitrogens with zero attached hydrogens (tertiary/aromatic N) is 2. The highest BCUT2D eigenvalue weighted by Crippen LogP contribution is 2.21. The van der Waals surface area contributed by atoms with E-state index in [1.54, 1.807) is 18.2 Å². The minimum Gasteiger partial charge on any atom is -0.508 e. The number of aromatic hydroxyl groups is 1. The van der Waals surface area contributed by atoms with Crippen molar-refractivity contribution >= 4 is 5.82 Å². The number of benzene rings is 1. The molecule has 1 atom stereocenters. The molecule has 1 aromatic carbocycles. The van der Waals surface area contributed by atoms with E-state index in [1.807, 2.05) is 32.0 Å². The third-order valence-electron chi connectivity index (χ3n) is 2.94. The summed E-state index contributed by atoms with van der Waals surface area (Å²) in [7, 11) is 0. The Labute approximate surface area is 112 Å². The van der Waals surface area contributed by atoms with Gasteiger partial charge >= 0.3 is 0 Å². The van der Waals surface area contributed by atoms with Crippen LogP contribution < -0.4 is 5.32 Å². The van der Waals surface area contributed by atoms with Gasteiger partial charge in [-0.15, -0.1) is 0 Å². The molecule has 0 aliphatic carbocycles. The summed E-state index contributed by atoms with van der Waals surface area (Å²) >= 11 is 0. The van der Waals surface area contributed by atoms with Crippen LogP contribution in [-0.2, 0) is 0 Å². The van der Waals surface area contributed by atoms with Crippen LogP contribution in [0.3, 0.4) is 0 Å². The molecule has 19 heavy (non-hydrogen) atoms. The maximum atomic E-state index is 9.46. The Kier molecular flexibility index (Phi) is 3.67. The number of nitriles is 1. The second-order valence-electron chi connectivity index (χ2n) is 4.43. The van der Waals surface area contributed by atoms with E-state index in [0.29, 0.717) is 11.5 Å². The molecule has 0 amide bonds. The van der Waals surface area contributed by atoms with E-state index in [-0.39, 0.29) is 11.8 Å². The Balaban J connectivity index is 2.20. The highest BCUT2D eigenvalue weighted by molar-refractivity contribution is 5.44. The van der Waals surface area contributed by atoms with E-state index in [9.17, 15) is 5.11 Å². The van der Waals surface area contributed by atoms with E-state index >= 15 is 0 Å². The molecule has 0 saturated heterocycles. The van der Waals surface area contributed by atoms with Crippen molar-refractivity contribution in [2.24, 2.45) is 0 Å². The summed E-state index contributed by atoms with van der Waals surface area (Å²) in [6.45, 7) is 3.83. The minimum absolute atomic E-state index is 0.00570. The summed E-state index contributed by atoms with van der Waals surface area (Å²) in [5, 5.41) is 21.6. The zero-order valence-electron chi connectivity index (χ0n) is 10.9. The van der Waals surface area contributed by atoms with E-state index in [0.717, 1.165) is 11.1 Å². The van der Waals surface area contributed by atoms with Gasteiger partial charge in [-0.2, -0.15) is 5.26 Å². The molecule has 2 rings (SSSR count). The molecule has 96 valence electrons. The van der Waals surface area contributed by atoms with Crippen molar-refractivity contribution in [3.63, 3.8) is 0 Å². The zero-order chi connectivity index (χ0) is 13.8. The molecule has 2 N–H and O–H groups in total. The fraction of sp³-hybridized carbons (Fsp3) is 0.200. The summed E-state index contributed by atoms with van der Waals surface area (Å²) in [5.41, 5.74) is 2.24. The molecular weight excluding hydrogens is 238 g/mol. The highest BCUT2D eigenvalue weighted by atomic mass is 16.3. The largest absolute Gasteiger partial charge is 0.508 e. The van der Waals surface area contributed by atoms with Crippen LogP contribution in [0.25, 0.3) is 0 Å². The quantitative estimate of drug-likeness (QED) is 0.881. The van der Waals surface area contributed by atoms with Crippen LogP contribution >= 0.6 is 0 Å². The van der Waals surface area contributed by atoms with E-state index < -0.39 is 0 Å². The Bertz CT molecular complexity index is 632. The standard InChI is InChI=1S/C15H15N3O/c1-10-6-7-15(18-14(10)9-16)17-11(2)12-4-3-5-13(19)8-12/h3-8,11,19H,1-2H3,(H,17,18). The number of hydrogen-bond acceptors (Lipinski definition) is 4. The molecule has 0 spiro atoms. The molecule has 1 heterocycles. The SMILES string of the molecule is Cc1ccc(NC(C)c2cccc(O)c2)nc1C#N. The Morgan fingerprint density at radius 2 is 2.11 bits per heavy atom. The summed E-state index contributed by atoms with van der Waals surface area (Å²) in [4.78, 5) is 4.24. The van der Waals surface area contributed by atoms with Gasteiger partial charge in [0.25, 0.3) is 0 Å². The Morgan fingerprint density at radius 3 is 2.79 bits per heavy atom. The van der Waals surface area contributed by atoms with Crippen LogP contribution in [0.5, 0.6) is 5.75 Å². The highest BCUT2D eigenvalue weighted by Gasteiger charge is 2.08. The second kappa shape index (κ2) is 5.40. The summed E-state index contributed by atoms with van der Waals surface area (Å²) in [6, 6.07) is 12.8. The fourth-order valence-electron chi connectivity index (χ4n) is 1.82. The second-order valence-corrected chi connectivity index (χ2v) is 4.43. The van der Waals surface area contributed by atoms with Crippen molar-refractivity contribution in [2.45, 2.75) is 19.9 Å². The van der Waals surface area contributed by atoms with Gasteiger partial charge in [0.1, 0.15) is 23.3 Å². The molecule has 2 aromatic rings. The topological polar surface area (TPSA) is 68.9 Å². The molecule has 0 radical (unpaired) electrons. The lowest BCUT2D eigenvalue weighted by molar-refractivity contribution is 0.474. The molecule has 0 aliphatic rings. The van der Waals surface area contributed by atoms with Gasteiger partial charge in [-0.25, -0.2) is 4.98 Å². The lowest BCUT2D eigenvalue weighted by Gasteiger charge is -2.15. The third kappa shape index (κ3) is 3.02. The van der Waals surface area contributed by atoms with E-state index in [2.05, 4.69) is 16.4 Å². The first-order valence-corrected chi connectivity index (χ1v) is 6.03. The summed E-state index contributed by atoms with van der Waals surface area (Å²) < 4.78 is 0. The number of nitrogens with one attached hydrogen (secondary N) is 1. The molecular formula is C15H15N3O. The summed E-state index contributed by atoms with van der Waals surface area (Å²) in [5.74, 6) is 0.888. The van der Waals surface area contributed by atoms with Crippen molar-refractivity contribution in [2.75, 3.05) is 5.32 Å². The minimum atomic E-state index is -0.00570. The van der Waals surface area contributed by atoms with Crippen molar-refractivity contribution < 1.29 is 5.11 Å². The van der Waals surface area contributed by atoms with Crippen LogP contribution in [-0.4, -0.2) is 10.1 Å². The Hall–Kier alpha value is -2.54. The Morgan fingerprint density at radius 1 is 1.32 bits per heavy atom. The van der Waals surface area contributed by atoms with E-state index in [4.69, 9.17) is 5.26 Å². The maximum Gasteiger partial charge on any atom is 0.145 e. The van der Waals surface area contributed by atoms with Crippen LogP contribution in [0.15, 0.2) is 36.4 Å². The first kappa shape index (κ1) is 12.9. The lowest BCUT2D eigenvalue weighted by Crippen LogP contribution is -2.08. The number of pyridine rings is 1. The smallest absolute Gasteiger partial charge is 0.145 e. The molecule has 4 heteroatoms. The van der Waals surface area contributed by atoms with Gasteiger partial charge in [0.15, 0.2) is 0 Å². The molecule has 1 unspecified atom stereocenters. The fourth-order valence-corrected chi connectivity index (χ4v) is 1.82. The van der Waals surface area contributed by atoms with Gasteiger partial charge in [-0.05, 0) is 43.2 Å². The lowest BCUT2D eigenvalue weighted by atomic mass is 10.1. The molecule has 1 aromatic heterocycles. The van der Waals surface area contributed by atoms with Gasteiger partial charge in [0.05, 0.1) is 6.04 Å². The summed E-state index contributed by atoms with van der Waals surface area (Å²) in [6.07, 6.45) is 0. The monoisotopic (exact) mass is 253 g/mol. The van der Waals surface area contributed by atoms with Gasteiger partial charge in [-0.1, -0.05) is 18.2 Å². The number of aromatic nitrogens is 1. The predicted octanol–water partition coefficient (Wildman–Crippen LogP) is 3.14. The first-order valence-electron chi connectivity index (χ1n) is 6.03. The number of rotatable bonds is 3. The number of hydrogen-bond donors (Lipinski definition) is 2. The van der Waals surface area contributed by atoms with Crippen LogP contribution in [0, 0.1) is 18.3 Å². The van der Waals surface area contributed by atoms with Crippen molar-refractivity contribution in [1.82, 2.24) is 4.98 Å². The molecule has 0 fully saturated rings. The number of phenolic OH excluding ortho intramolecular Hbond substituents is 1. The normalized spacial score (nSPS) is 11.6. The molecule has 0 aliphatic heterocycles. The molecule has 0 bridgehead atoms. The van der Waals surface area contributed by atoms with Crippen LogP contribution in [0.2, 0.25) is 0 Å². The van der Waals surface area contributed by atoms with Gasteiger partial charge in [-0.3, -0.25) is 0 Å². The van der Waals surface area contributed by atoms with Crippen molar-refractivity contribution in [1.29, 1.82) is 5.26 Å². The van der Waals surface area contributed by atoms with Gasteiger partial charge in [0, 0.05) is 0 Å². The molecule has 0 saturated carbocycles. The van der Waals surface area contributed by atoms with Crippen LogP contribution in [0.4, 0.5) is 5.82 Å². The third-order valence-corrected chi connectivity index (χ3v) is 2.94. The van der Waals surface area contributed by atoms with E-state index in [1.165, 1.54) is 0 Å². The average Bonchev–Trinajstić information content (AvgIpc) is 2.41. The maximum absolute atomic E-state index is 9.46. The zero-order valence-corrected chi connectivity index (χ0v) is 10.9. The van der Waals surface area contributed by atoms with Crippen molar-refractivity contribution in [3.8, 4) is 11.8 Å². The van der Waals surface area contributed by atoms with Gasteiger partial charge in [0.2, 0.25) is 0 Å². The number of aryl methyl sites for hydroxylation is 1. The number of anilines is 1. The van der Waals surface area contributed by atoms with Crippen molar-refractivity contribution in [3.05, 3.63) is 53.2 Å². The van der Waals surface area contributed by atoms with Gasteiger partial charge < -0.3 is 10.4 Å². The number of phenols is 1. The molecule has 4 nitrogen and oxygen atoms in total. The van der Waals surface area contributed by atoms with Crippen LogP contribution in [0.1, 0.15) is 29.8 Å². The average molecular weight is 253 g/mol. The first-order chi connectivity index (χ1) is 9.10. The predicted molar refractivity (Wildman–Crippen MR) is 73.8 cm³/mol.